The molecule has 4 atom stereocenters. The molecule has 1 saturated heterocycles. The summed E-state index contributed by atoms with van der Waals surface area (Å²) >= 11 is 1.58. The minimum absolute atomic E-state index is 0.0200. The van der Waals surface area contributed by atoms with Crippen LogP contribution in [-0.4, -0.2) is 94.3 Å². The second-order valence-electron chi connectivity index (χ2n) is 16.7. The first-order valence-corrected chi connectivity index (χ1v) is 20.6. The highest BCUT2D eigenvalue weighted by Gasteiger charge is 2.44. The van der Waals surface area contributed by atoms with Crippen LogP contribution in [0.15, 0.2) is 29.8 Å². The van der Waals surface area contributed by atoms with Gasteiger partial charge in [-0.15, -0.1) is 11.3 Å². The van der Waals surface area contributed by atoms with E-state index < -0.39 is 47.2 Å². The van der Waals surface area contributed by atoms with Crippen molar-refractivity contribution in [1.29, 1.82) is 0 Å². The number of nitrogens with two attached hydrogens (primary N) is 1. The third kappa shape index (κ3) is 16.2. The largest absolute Gasteiger partial charge is 0.444 e. The first-order valence-electron chi connectivity index (χ1n) is 19.7. The molecule has 0 unspecified atom stereocenters. The van der Waals surface area contributed by atoms with Gasteiger partial charge in [-0.2, -0.15) is 0 Å². The topological polar surface area (TPSA) is 202 Å². The lowest BCUT2D eigenvalue weighted by Crippen LogP contribution is -2.57. The van der Waals surface area contributed by atoms with E-state index in [-0.39, 0.29) is 56.7 Å². The van der Waals surface area contributed by atoms with Crippen LogP contribution < -0.4 is 21.7 Å². The zero-order chi connectivity index (χ0) is 41.5. The summed E-state index contributed by atoms with van der Waals surface area (Å²) in [5.41, 5.74) is 8.76. The number of amides is 5. The van der Waals surface area contributed by atoms with Crippen LogP contribution in [0.1, 0.15) is 117 Å². The predicted octanol–water partition coefficient (Wildman–Crippen LogP) is 5.13. The number of nitrogens with zero attached hydrogens (tertiary/aromatic N) is 2. The molecule has 0 saturated carbocycles. The number of rotatable bonds is 21. The number of carbonyl (C=O) groups excluding carboxylic acids is 5. The van der Waals surface area contributed by atoms with Crippen LogP contribution in [0.25, 0.3) is 10.4 Å². The molecule has 0 spiro atoms. The summed E-state index contributed by atoms with van der Waals surface area (Å²) in [7, 11) is 0. The Morgan fingerprint density at radius 3 is 2.23 bits per heavy atom. The highest BCUT2D eigenvalue weighted by molar-refractivity contribution is 7.13. The Bertz CT molecular complexity index is 1590. The Labute approximate surface area is 336 Å². The summed E-state index contributed by atoms with van der Waals surface area (Å²) in [6.07, 6.45) is 4.67. The maximum Gasteiger partial charge on any atom is 0.407 e. The van der Waals surface area contributed by atoms with Crippen LogP contribution in [0, 0.1) is 12.3 Å². The fourth-order valence-corrected chi connectivity index (χ4v) is 7.24. The molecule has 56 heavy (non-hydrogen) atoms. The van der Waals surface area contributed by atoms with Crippen LogP contribution in [0.3, 0.4) is 0 Å². The van der Waals surface area contributed by atoms with Gasteiger partial charge >= 0.3 is 6.09 Å². The van der Waals surface area contributed by atoms with Gasteiger partial charge in [-0.05, 0) is 63.5 Å². The van der Waals surface area contributed by atoms with Gasteiger partial charge < -0.3 is 41.2 Å². The second kappa shape index (κ2) is 22.0. The van der Waals surface area contributed by atoms with E-state index in [1.54, 1.807) is 32.1 Å². The van der Waals surface area contributed by atoms with Crippen LogP contribution >= 0.6 is 11.3 Å². The highest BCUT2D eigenvalue weighted by atomic mass is 32.1. The van der Waals surface area contributed by atoms with Crippen LogP contribution in [0.5, 0.6) is 0 Å². The molecule has 0 bridgehead atoms. The van der Waals surface area contributed by atoms with E-state index in [0.717, 1.165) is 53.8 Å². The van der Waals surface area contributed by atoms with E-state index in [1.165, 1.54) is 4.90 Å². The number of ether oxygens (including phenoxy) is 2. The zero-order valence-electron chi connectivity index (χ0n) is 34.3. The van der Waals surface area contributed by atoms with E-state index in [9.17, 15) is 29.1 Å². The van der Waals surface area contributed by atoms with Crippen molar-refractivity contribution < 1.29 is 38.6 Å². The number of nitrogens with one attached hydrogen (secondary N) is 3. The number of benzene rings is 1. The van der Waals surface area contributed by atoms with Gasteiger partial charge in [0.1, 0.15) is 17.7 Å². The van der Waals surface area contributed by atoms with E-state index >= 15 is 0 Å². The molecule has 1 aromatic heterocycles. The maximum absolute atomic E-state index is 13.9. The molecule has 2 aromatic rings. The molecule has 312 valence electrons. The number of primary amides is 1. The minimum Gasteiger partial charge on any atom is -0.444 e. The molecular formula is C41H64N6O8S. The van der Waals surface area contributed by atoms with Crippen LogP contribution in [0.4, 0.5) is 4.79 Å². The third-order valence-corrected chi connectivity index (χ3v) is 10.4. The van der Waals surface area contributed by atoms with Gasteiger partial charge in [0.2, 0.25) is 23.6 Å². The van der Waals surface area contributed by atoms with Crippen molar-refractivity contribution in [3.63, 3.8) is 0 Å². The van der Waals surface area contributed by atoms with Crippen molar-refractivity contribution in [3.05, 3.63) is 41.0 Å². The summed E-state index contributed by atoms with van der Waals surface area (Å²) < 4.78 is 11.1. The standard InChI is InChI=1S/C41H64N6O8S/c1-27-35(56-26-44-27)29-17-15-28(16-18-29)23-43-37(51)32-22-31(48)24-47(32)38(52)36(40(2,3)4)46-34(50)14-12-10-8-9-11-13-21-54-25-30(19-20-33(42)49)45-39(53)55-41(5,6)7/h15-18,26,30-32,36,48H,8-14,19-25H2,1-7H3,(H2,42,49)(H,43,51)(H,45,53)(H,46,50)/t30-,31+,32-,36+/m0/s1. The number of unbranched alkanes of at least 4 members (excludes halogenated alkanes) is 5. The number of aliphatic hydroxyl groups is 1. The number of likely N-dealkylation sites (tertiary alicyclic amines) is 1. The van der Waals surface area contributed by atoms with Crippen LogP contribution in [-0.2, 0) is 35.2 Å². The molecule has 1 aromatic carbocycles. The van der Waals surface area contributed by atoms with Crippen molar-refractivity contribution in [2.75, 3.05) is 19.8 Å². The minimum atomic E-state index is -0.868. The summed E-state index contributed by atoms with van der Waals surface area (Å²) in [6, 6.07) is 5.79. The normalized spacial score (nSPS) is 16.9. The number of thiazole rings is 1. The summed E-state index contributed by atoms with van der Waals surface area (Å²) in [5.74, 6) is -1.40. The van der Waals surface area contributed by atoms with Gasteiger partial charge in [-0.1, -0.05) is 70.7 Å². The Hall–Kier alpha value is -4.08. The van der Waals surface area contributed by atoms with E-state index in [0.29, 0.717) is 19.4 Å². The Kier molecular flexibility index (Phi) is 18.2. The number of hydrogen-bond donors (Lipinski definition) is 5. The number of aromatic nitrogens is 1. The molecule has 1 aliphatic rings. The number of carbonyl (C=O) groups is 5. The lowest BCUT2D eigenvalue weighted by molar-refractivity contribution is -0.144. The number of alkyl carbamates (subject to hydrolysis) is 1. The van der Waals surface area contributed by atoms with Crippen molar-refractivity contribution in [2.24, 2.45) is 11.1 Å². The molecule has 6 N–H and O–H groups in total. The summed E-state index contributed by atoms with van der Waals surface area (Å²) in [6.45, 7) is 14.0. The molecular weight excluding hydrogens is 737 g/mol. The molecule has 14 nitrogen and oxygen atoms in total. The average Bonchev–Trinajstić information content (AvgIpc) is 3.72. The van der Waals surface area contributed by atoms with Gasteiger partial charge in [-0.3, -0.25) is 19.2 Å². The molecule has 3 rings (SSSR count). The molecule has 0 radical (unpaired) electrons. The Morgan fingerprint density at radius 2 is 1.62 bits per heavy atom. The van der Waals surface area contributed by atoms with Crippen molar-refractivity contribution in [1.82, 2.24) is 25.8 Å². The number of hydrogen-bond acceptors (Lipinski definition) is 10. The van der Waals surface area contributed by atoms with Crippen molar-refractivity contribution in [2.45, 2.75) is 149 Å². The van der Waals surface area contributed by atoms with Crippen molar-refractivity contribution >= 4 is 41.1 Å². The average molecular weight is 801 g/mol. The van der Waals surface area contributed by atoms with E-state index in [2.05, 4.69) is 20.9 Å². The highest BCUT2D eigenvalue weighted by Crippen LogP contribution is 2.28. The first-order chi connectivity index (χ1) is 26.3. The SMILES string of the molecule is Cc1ncsc1-c1ccc(CNC(=O)[C@@H]2C[C@@H](O)CN2C(=O)[C@@H](NC(=O)CCCCCCCCOC[C@H](CCC(N)=O)NC(=O)OC(C)(C)C)C(C)(C)C)cc1. The quantitative estimate of drug-likeness (QED) is 0.106. The maximum atomic E-state index is 13.9. The Balaban J connectivity index is 1.38. The van der Waals surface area contributed by atoms with Crippen LogP contribution in [0.2, 0.25) is 0 Å². The second-order valence-corrected chi connectivity index (χ2v) is 17.6. The number of aliphatic hydroxyl groups excluding tert-OH is 1. The molecule has 1 fully saturated rings. The van der Waals surface area contributed by atoms with Gasteiger partial charge in [0, 0.05) is 39.0 Å². The first kappa shape index (κ1) is 46.3. The monoisotopic (exact) mass is 800 g/mol. The van der Waals surface area contributed by atoms with Crippen molar-refractivity contribution in [3.8, 4) is 10.4 Å². The van der Waals surface area contributed by atoms with E-state index in [4.69, 9.17) is 15.2 Å². The van der Waals surface area contributed by atoms with Gasteiger partial charge in [0.15, 0.2) is 0 Å². The molecule has 5 amide bonds. The predicted molar refractivity (Wildman–Crippen MR) is 216 cm³/mol. The summed E-state index contributed by atoms with van der Waals surface area (Å²) in [4.78, 5) is 70.6. The molecule has 15 heteroatoms. The van der Waals surface area contributed by atoms with Gasteiger partial charge in [0.05, 0.1) is 34.8 Å². The lowest BCUT2D eigenvalue weighted by atomic mass is 9.85. The fourth-order valence-electron chi connectivity index (χ4n) is 6.42. The molecule has 2 heterocycles. The zero-order valence-corrected chi connectivity index (χ0v) is 35.1. The lowest BCUT2D eigenvalue weighted by Gasteiger charge is -2.35. The number of β-amino-alcohol motifs (C(OH)–C–C–N with tert-alkyl or cyclic N) is 1. The molecule has 0 aliphatic carbocycles. The third-order valence-electron chi connectivity index (χ3n) is 9.43. The fraction of sp³-hybridized carbons (Fsp3) is 0.659. The smallest absolute Gasteiger partial charge is 0.407 e. The Morgan fingerprint density at radius 1 is 0.964 bits per heavy atom. The number of aryl methyl sites for hydroxylation is 1. The summed E-state index contributed by atoms with van der Waals surface area (Å²) in [5, 5.41) is 19.1. The van der Waals surface area contributed by atoms with Gasteiger partial charge in [-0.25, -0.2) is 9.78 Å². The van der Waals surface area contributed by atoms with Gasteiger partial charge in [0.25, 0.3) is 0 Å². The molecule has 1 aliphatic heterocycles. The van der Waals surface area contributed by atoms with E-state index in [1.807, 2.05) is 57.5 Å².